The zero-order chi connectivity index (χ0) is 12.3. The average Bonchev–Trinajstić information content (AvgIpc) is 3.10. The molecule has 5 heteroatoms. The van der Waals surface area contributed by atoms with Crippen molar-refractivity contribution in [2.45, 2.75) is 31.6 Å². The van der Waals surface area contributed by atoms with Crippen LogP contribution in [0.5, 0.6) is 0 Å². The Morgan fingerprint density at radius 1 is 1.17 bits per heavy atom. The molecule has 0 unspecified atom stereocenters. The van der Waals surface area contributed by atoms with Gasteiger partial charge in [-0.2, -0.15) is 0 Å². The second-order valence-electron chi connectivity index (χ2n) is 5.18. The Kier molecular flexibility index (Phi) is 1.97. The fraction of sp³-hybridized carbons (Fsp3) is 0.538. The number of furan rings is 1. The number of amides is 2. The summed E-state index contributed by atoms with van der Waals surface area (Å²) < 4.78 is 10.9. The van der Waals surface area contributed by atoms with Gasteiger partial charge in [-0.1, -0.05) is 0 Å². The lowest BCUT2D eigenvalue weighted by Gasteiger charge is -2.15. The van der Waals surface area contributed by atoms with Gasteiger partial charge in [0.2, 0.25) is 11.8 Å². The van der Waals surface area contributed by atoms with E-state index in [1.807, 2.05) is 0 Å². The average molecular weight is 247 g/mol. The number of hydrogen-bond donors (Lipinski definition) is 0. The Morgan fingerprint density at radius 3 is 2.39 bits per heavy atom. The lowest BCUT2D eigenvalue weighted by atomic mass is 9.81. The molecule has 0 radical (unpaired) electrons. The van der Waals surface area contributed by atoms with E-state index < -0.39 is 0 Å². The quantitative estimate of drug-likeness (QED) is 0.730. The number of carbonyl (C=O) groups is 2. The minimum atomic E-state index is -0.244. The second-order valence-corrected chi connectivity index (χ2v) is 5.18. The highest BCUT2D eigenvalue weighted by Crippen LogP contribution is 2.48. The third kappa shape index (κ3) is 1.20. The highest BCUT2D eigenvalue weighted by molar-refractivity contribution is 6.06. The van der Waals surface area contributed by atoms with Crippen molar-refractivity contribution >= 4 is 11.8 Å². The van der Waals surface area contributed by atoms with Crippen molar-refractivity contribution in [3.05, 3.63) is 24.2 Å². The Hall–Kier alpha value is -1.62. The van der Waals surface area contributed by atoms with Crippen molar-refractivity contribution in [1.29, 1.82) is 0 Å². The molecule has 3 fully saturated rings. The molecule has 3 aliphatic heterocycles. The van der Waals surface area contributed by atoms with Crippen LogP contribution in [-0.2, 0) is 20.9 Å². The largest absolute Gasteiger partial charge is 0.467 e. The van der Waals surface area contributed by atoms with Gasteiger partial charge in [-0.15, -0.1) is 0 Å². The summed E-state index contributed by atoms with van der Waals surface area (Å²) in [6.45, 7) is 0.247. The molecule has 94 valence electrons. The lowest BCUT2D eigenvalue weighted by molar-refractivity contribution is -0.143. The first kappa shape index (κ1) is 10.3. The third-order valence-corrected chi connectivity index (χ3v) is 4.27. The SMILES string of the molecule is O=C1[C@@H]2[C@@H](C(=O)N1Cc1ccco1)[C@H]1CC[C@@H]2O1. The minimum Gasteiger partial charge on any atom is -0.467 e. The molecule has 0 aliphatic carbocycles. The van der Waals surface area contributed by atoms with Crippen LogP contribution in [0.15, 0.2) is 22.8 Å². The van der Waals surface area contributed by atoms with Gasteiger partial charge in [0, 0.05) is 0 Å². The summed E-state index contributed by atoms with van der Waals surface area (Å²) in [6, 6.07) is 3.54. The summed E-state index contributed by atoms with van der Waals surface area (Å²) >= 11 is 0. The first-order valence-electron chi connectivity index (χ1n) is 6.29. The van der Waals surface area contributed by atoms with Crippen molar-refractivity contribution in [3.63, 3.8) is 0 Å². The standard InChI is InChI=1S/C13H13NO4/c15-12-10-8-3-4-9(18-8)11(10)13(16)14(12)6-7-2-1-5-17-7/h1-2,5,8-11H,3-4,6H2/t8-,9+,10-,11-/m0/s1. The summed E-state index contributed by atoms with van der Waals surface area (Å²) in [5.41, 5.74) is 0. The van der Waals surface area contributed by atoms with Crippen LogP contribution in [0.1, 0.15) is 18.6 Å². The number of hydrogen-bond acceptors (Lipinski definition) is 4. The molecule has 0 saturated carbocycles. The molecule has 1 aromatic heterocycles. The Balaban J connectivity index is 1.63. The normalized spacial score (nSPS) is 37.7. The van der Waals surface area contributed by atoms with Crippen molar-refractivity contribution < 1.29 is 18.7 Å². The lowest BCUT2D eigenvalue weighted by Crippen LogP contribution is -2.33. The molecule has 0 N–H and O–H groups in total. The molecule has 2 amide bonds. The van der Waals surface area contributed by atoms with E-state index in [0.717, 1.165) is 12.8 Å². The molecule has 2 bridgehead atoms. The molecule has 3 aliphatic rings. The number of carbonyl (C=O) groups excluding carboxylic acids is 2. The Bertz CT molecular complexity index is 481. The van der Waals surface area contributed by atoms with Crippen LogP contribution in [-0.4, -0.2) is 28.9 Å². The molecule has 1 aromatic rings. The van der Waals surface area contributed by atoms with Crippen molar-refractivity contribution in [2.75, 3.05) is 0 Å². The Labute approximate surface area is 104 Å². The van der Waals surface area contributed by atoms with E-state index in [2.05, 4.69) is 0 Å². The van der Waals surface area contributed by atoms with Crippen molar-refractivity contribution in [2.24, 2.45) is 11.8 Å². The zero-order valence-corrected chi connectivity index (χ0v) is 9.74. The fourth-order valence-corrected chi connectivity index (χ4v) is 3.49. The van der Waals surface area contributed by atoms with E-state index >= 15 is 0 Å². The van der Waals surface area contributed by atoms with Gasteiger partial charge in [-0.25, -0.2) is 0 Å². The molecule has 3 saturated heterocycles. The van der Waals surface area contributed by atoms with Gasteiger partial charge in [-0.05, 0) is 25.0 Å². The van der Waals surface area contributed by atoms with E-state index in [4.69, 9.17) is 9.15 Å². The van der Waals surface area contributed by atoms with E-state index in [9.17, 15) is 9.59 Å². The van der Waals surface area contributed by atoms with Crippen molar-refractivity contribution in [3.8, 4) is 0 Å². The molecular weight excluding hydrogens is 234 g/mol. The smallest absolute Gasteiger partial charge is 0.236 e. The van der Waals surface area contributed by atoms with Crippen LogP contribution in [0.2, 0.25) is 0 Å². The first-order valence-corrected chi connectivity index (χ1v) is 6.29. The topological polar surface area (TPSA) is 59.8 Å². The molecule has 5 nitrogen and oxygen atoms in total. The van der Waals surface area contributed by atoms with E-state index in [-0.39, 0.29) is 42.4 Å². The van der Waals surface area contributed by atoms with E-state index in [0.29, 0.717) is 5.76 Å². The van der Waals surface area contributed by atoms with Gasteiger partial charge in [-0.3, -0.25) is 14.5 Å². The summed E-state index contributed by atoms with van der Waals surface area (Å²) in [4.78, 5) is 25.9. The number of imide groups is 1. The predicted octanol–water partition coefficient (Wildman–Crippen LogP) is 0.942. The molecule has 4 atom stereocenters. The molecule has 0 aromatic carbocycles. The number of nitrogens with zero attached hydrogens (tertiary/aromatic N) is 1. The van der Waals surface area contributed by atoms with Gasteiger partial charge in [0.15, 0.2) is 0 Å². The molecular formula is C13H13NO4. The first-order chi connectivity index (χ1) is 8.75. The maximum atomic E-state index is 12.3. The van der Waals surface area contributed by atoms with E-state index in [1.54, 1.807) is 18.4 Å². The highest BCUT2D eigenvalue weighted by Gasteiger charge is 2.62. The fourth-order valence-electron chi connectivity index (χ4n) is 3.49. The monoisotopic (exact) mass is 247 g/mol. The highest BCUT2D eigenvalue weighted by atomic mass is 16.5. The molecule has 18 heavy (non-hydrogen) atoms. The number of fused-ring (bicyclic) bond motifs is 5. The van der Waals surface area contributed by atoms with Gasteiger partial charge < -0.3 is 9.15 Å². The van der Waals surface area contributed by atoms with Crippen LogP contribution < -0.4 is 0 Å². The van der Waals surface area contributed by atoms with E-state index in [1.165, 1.54) is 4.90 Å². The summed E-state index contributed by atoms with van der Waals surface area (Å²) in [7, 11) is 0. The molecule has 4 heterocycles. The summed E-state index contributed by atoms with van der Waals surface area (Å²) in [5.74, 6) is -0.0236. The number of ether oxygens (including phenoxy) is 1. The van der Waals surface area contributed by atoms with Crippen LogP contribution in [0.4, 0.5) is 0 Å². The molecule has 4 rings (SSSR count). The van der Waals surface area contributed by atoms with Gasteiger partial charge in [0.25, 0.3) is 0 Å². The van der Waals surface area contributed by atoms with Gasteiger partial charge >= 0.3 is 0 Å². The Morgan fingerprint density at radius 2 is 1.83 bits per heavy atom. The summed E-state index contributed by atoms with van der Waals surface area (Å²) in [6.07, 6.45) is 3.27. The predicted molar refractivity (Wildman–Crippen MR) is 59.1 cm³/mol. The molecule has 0 spiro atoms. The maximum Gasteiger partial charge on any atom is 0.236 e. The van der Waals surface area contributed by atoms with Crippen LogP contribution >= 0.6 is 0 Å². The van der Waals surface area contributed by atoms with Crippen LogP contribution in [0.25, 0.3) is 0 Å². The number of rotatable bonds is 2. The second kappa shape index (κ2) is 3.45. The van der Waals surface area contributed by atoms with Crippen LogP contribution in [0.3, 0.4) is 0 Å². The maximum absolute atomic E-state index is 12.3. The minimum absolute atomic E-state index is 0.0435. The van der Waals surface area contributed by atoms with Crippen LogP contribution in [0, 0.1) is 11.8 Å². The zero-order valence-electron chi connectivity index (χ0n) is 9.74. The third-order valence-electron chi connectivity index (χ3n) is 4.27. The van der Waals surface area contributed by atoms with Gasteiger partial charge in [0.1, 0.15) is 5.76 Å². The summed E-state index contributed by atoms with van der Waals surface area (Å²) in [5, 5.41) is 0. The van der Waals surface area contributed by atoms with Gasteiger partial charge in [0.05, 0.1) is 36.9 Å². The number of likely N-dealkylation sites (tertiary alicyclic amines) is 1. The van der Waals surface area contributed by atoms with Crippen molar-refractivity contribution in [1.82, 2.24) is 4.90 Å².